The molecular weight excluding hydrogens is 330 g/mol. The molecule has 0 aliphatic heterocycles. The predicted molar refractivity (Wildman–Crippen MR) is 105 cm³/mol. The molecule has 1 unspecified atom stereocenters. The number of carbonyl (C=O) groups excluding carboxylic acids is 1. The van der Waals surface area contributed by atoms with Crippen LogP contribution in [-0.2, 0) is 16.0 Å². The maximum absolute atomic E-state index is 12.3. The Labute approximate surface area is 157 Å². The number of hydrogen-bond donors (Lipinski definition) is 2. The largest absolute Gasteiger partial charge is 0.379 e. The predicted octanol–water partition coefficient (Wildman–Crippen LogP) is 1.31. The summed E-state index contributed by atoms with van der Waals surface area (Å²) in [7, 11) is 5.18. The van der Waals surface area contributed by atoms with Gasteiger partial charge in [0.05, 0.1) is 12.6 Å². The number of rotatable bonds is 8. The molecule has 0 fully saturated rings. The normalized spacial score (nSPS) is 13.2. The molecule has 1 rings (SSSR count). The lowest BCUT2D eigenvalue weighted by atomic mass is 9.89. The highest BCUT2D eigenvalue weighted by Crippen LogP contribution is 2.20. The molecule has 1 atom stereocenters. The molecule has 0 radical (unpaired) electrons. The maximum Gasteiger partial charge on any atom is 0.241 e. The summed E-state index contributed by atoms with van der Waals surface area (Å²) in [6.07, 6.45) is 2.54. The fraction of sp³-hybridized carbons (Fsp3) is 0.632. The van der Waals surface area contributed by atoms with E-state index >= 15 is 0 Å². The van der Waals surface area contributed by atoms with E-state index in [0.717, 1.165) is 12.1 Å². The number of likely N-dealkylation sites (N-methyl/N-ethyl adjacent to an activating group) is 1. The van der Waals surface area contributed by atoms with Crippen molar-refractivity contribution in [2.45, 2.75) is 33.3 Å². The van der Waals surface area contributed by atoms with Crippen LogP contribution in [0.15, 0.2) is 29.4 Å². The van der Waals surface area contributed by atoms with E-state index in [2.05, 4.69) is 41.4 Å². The molecule has 2 N–H and O–H groups in total. The third kappa shape index (κ3) is 7.82. The van der Waals surface area contributed by atoms with Crippen LogP contribution in [0, 0.1) is 5.41 Å². The molecule has 146 valence electrons. The minimum atomic E-state index is 0.00277. The average molecular weight is 364 g/mol. The lowest BCUT2D eigenvalue weighted by Crippen LogP contribution is -2.48. The fourth-order valence-corrected chi connectivity index (χ4v) is 2.40. The fourth-order valence-electron chi connectivity index (χ4n) is 2.40. The Balaban J connectivity index is 2.38. The minimum absolute atomic E-state index is 0.00277. The van der Waals surface area contributed by atoms with Gasteiger partial charge >= 0.3 is 0 Å². The molecule has 0 spiro atoms. The first-order chi connectivity index (χ1) is 12.3. The van der Waals surface area contributed by atoms with E-state index in [1.54, 1.807) is 32.3 Å². The molecule has 0 saturated heterocycles. The van der Waals surface area contributed by atoms with Crippen molar-refractivity contribution in [1.82, 2.24) is 20.5 Å². The second-order valence-corrected chi connectivity index (χ2v) is 7.28. The van der Waals surface area contributed by atoms with Gasteiger partial charge < -0.3 is 20.3 Å². The van der Waals surface area contributed by atoms with Crippen LogP contribution in [-0.4, -0.2) is 68.7 Å². The number of guanidine groups is 1. The number of ether oxygens (including phenoxy) is 1. The molecule has 1 aromatic rings. The summed E-state index contributed by atoms with van der Waals surface area (Å²) in [6.45, 7) is 7.80. The Bertz CT molecular complexity index is 569. The first kappa shape index (κ1) is 21.9. The van der Waals surface area contributed by atoms with Crippen LogP contribution in [0.2, 0.25) is 0 Å². The van der Waals surface area contributed by atoms with Crippen molar-refractivity contribution in [3.8, 4) is 0 Å². The Morgan fingerprint density at radius 1 is 1.35 bits per heavy atom. The standard InChI is InChI=1S/C19H33N5O2/c1-19(2,3)16(26-6)13-22-18(20-4)23-14-17(25)24(5)12-10-15-9-7-8-11-21-15/h7-9,11,16H,10,12-14H2,1-6H3,(H2,20,22,23). The summed E-state index contributed by atoms with van der Waals surface area (Å²) < 4.78 is 5.52. The number of hydrogen-bond acceptors (Lipinski definition) is 4. The summed E-state index contributed by atoms with van der Waals surface area (Å²) in [5.41, 5.74) is 0.993. The van der Waals surface area contributed by atoms with Gasteiger partial charge in [-0.3, -0.25) is 14.8 Å². The molecule has 7 nitrogen and oxygen atoms in total. The zero-order valence-electron chi connectivity index (χ0n) is 16.9. The Kier molecular flexibility index (Phi) is 9.05. The van der Waals surface area contributed by atoms with Gasteiger partial charge in [-0.2, -0.15) is 0 Å². The maximum atomic E-state index is 12.3. The second-order valence-electron chi connectivity index (χ2n) is 7.28. The highest BCUT2D eigenvalue weighted by molar-refractivity contribution is 5.86. The van der Waals surface area contributed by atoms with Crippen LogP contribution >= 0.6 is 0 Å². The van der Waals surface area contributed by atoms with Gasteiger partial charge in [0.15, 0.2) is 5.96 Å². The van der Waals surface area contributed by atoms with Crippen LogP contribution < -0.4 is 10.6 Å². The first-order valence-corrected chi connectivity index (χ1v) is 8.89. The number of nitrogens with zero attached hydrogens (tertiary/aromatic N) is 3. The summed E-state index contributed by atoms with van der Waals surface area (Å²) in [5.74, 6) is 0.589. The van der Waals surface area contributed by atoms with E-state index in [1.807, 2.05) is 18.2 Å². The molecule has 0 saturated carbocycles. The Hall–Kier alpha value is -2.15. The lowest BCUT2D eigenvalue weighted by molar-refractivity contribution is -0.128. The van der Waals surface area contributed by atoms with E-state index < -0.39 is 0 Å². The first-order valence-electron chi connectivity index (χ1n) is 8.89. The molecule has 1 amide bonds. The smallest absolute Gasteiger partial charge is 0.241 e. The summed E-state index contributed by atoms with van der Waals surface area (Å²) in [6, 6.07) is 5.80. The van der Waals surface area contributed by atoms with Gasteiger partial charge in [-0.15, -0.1) is 0 Å². The van der Waals surface area contributed by atoms with E-state index in [4.69, 9.17) is 4.74 Å². The van der Waals surface area contributed by atoms with Crippen molar-refractivity contribution in [1.29, 1.82) is 0 Å². The molecule has 0 aromatic carbocycles. The van der Waals surface area contributed by atoms with Crippen LogP contribution in [0.1, 0.15) is 26.5 Å². The third-order valence-electron chi connectivity index (χ3n) is 4.19. The quantitative estimate of drug-likeness (QED) is 0.538. The monoisotopic (exact) mass is 363 g/mol. The zero-order chi connectivity index (χ0) is 19.6. The molecule has 1 heterocycles. The lowest BCUT2D eigenvalue weighted by Gasteiger charge is -2.30. The molecule has 26 heavy (non-hydrogen) atoms. The Morgan fingerprint density at radius 2 is 2.08 bits per heavy atom. The third-order valence-corrected chi connectivity index (χ3v) is 4.19. The van der Waals surface area contributed by atoms with Gasteiger partial charge in [0.2, 0.25) is 5.91 Å². The molecule has 0 aliphatic carbocycles. The van der Waals surface area contributed by atoms with E-state index in [0.29, 0.717) is 19.0 Å². The SMILES string of the molecule is CN=C(NCC(=O)N(C)CCc1ccccn1)NCC(OC)C(C)(C)C. The van der Waals surface area contributed by atoms with Gasteiger partial charge in [-0.25, -0.2) is 0 Å². The van der Waals surface area contributed by atoms with Crippen LogP contribution in [0.5, 0.6) is 0 Å². The Morgan fingerprint density at radius 3 is 2.62 bits per heavy atom. The minimum Gasteiger partial charge on any atom is -0.379 e. The molecule has 0 aliphatic rings. The van der Waals surface area contributed by atoms with Crippen molar-refractivity contribution < 1.29 is 9.53 Å². The highest BCUT2D eigenvalue weighted by atomic mass is 16.5. The number of amides is 1. The number of aliphatic imine (C=N–C) groups is 1. The summed E-state index contributed by atoms with van der Waals surface area (Å²) in [4.78, 5) is 22.4. The summed E-state index contributed by atoms with van der Waals surface area (Å²) >= 11 is 0. The van der Waals surface area contributed by atoms with Gasteiger partial charge in [0, 0.05) is 52.6 Å². The van der Waals surface area contributed by atoms with E-state index in [1.165, 1.54) is 0 Å². The molecule has 7 heteroatoms. The topological polar surface area (TPSA) is 78.9 Å². The molecular formula is C19H33N5O2. The number of carbonyl (C=O) groups is 1. The van der Waals surface area contributed by atoms with Crippen LogP contribution in [0.25, 0.3) is 0 Å². The average Bonchev–Trinajstić information content (AvgIpc) is 2.62. The second kappa shape index (κ2) is 10.8. The highest BCUT2D eigenvalue weighted by Gasteiger charge is 2.24. The zero-order valence-corrected chi connectivity index (χ0v) is 16.9. The number of aromatic nitrogens is 1. The molecule has 0 bridgehead atoms. The van der Waals surface area contributed by atoms with Crippen molar-refractivity contribution in [3.63, 3.8) is 0 Å². The number of nitrogens with one attached hydrogen (secondary N) is 2. The van der Waals surface area contributed by atoms with Gasteiger partial charge in [0.25, 0.3) is 0 Å². The van der Waals surface area contributed by atoms with Crippen molar-refractivity contribution in [3.05, 3.63) is 30.1 Å². The summed E-state index contributed by atoms with van der Waals surface area (Å²) in [5, 5.41) is 6.27. The van der Waals surface area contributed by atoms with E-state index in [-0.39, 0.29) is 24.0 Å². The van der Waals surface area contributed by atoms with Gasteiger partial charge in [-0.1, -0.05) is 26.8 Å². The number of methoxy groups -OCH3 is 1. The van der Waals surface area contributed by atoms with Gasteiger partial charge in [0.1, 0.15) is 0 Å². The van der Waals surface area contributed by atoms with Crippen molar-refractivity contribution >= 4 is 11.9 Å². The van der Waals surface area contributed by atoms with E-state index in [9.17, 15) is 4.79 Å². The van der Waals surface area contributed by atoms with Crippen LogP contribution in [0.4, 0.5) is 0 Å². The van der Waals surface area contributed by atoms with Crippen LogP contribution in [0.3, 0.4) is 0 Å². The molecule has 1 aromatic heterocycles. The number of pyridine rings is 1. The van der Waals surface area contributed by atoms with Crippen molar-refractivity contribution in [2.75, 3.05) is 40.8 Å². The van der Waals surface area contributed by atoms with Gasteiger partial charge in [-0.05, 0) is 17.5 Å². The van der Waals surface area contributed by atoms with Crippen molar-refractivity contribution in [2.24, 2.45) is 10.4 Å².